The zero-order valence-electron chi connectivity index (χ0n) is 17.3. The first-order chi connectivity index (χ1) is 13.2. The summed E-state index contributed by atoms with van der Waals surface area (Å²) in [5, 5.41) is 11.3. The molecular formula is C24H31N3. The maximum Gasteiger partial charge on any atom is 0.203 e. The van der Waals surface area contributed by atoms with Crippen molar-refractivity contribution in [1.82, 2.24) is 0 Å². The fraction of sp³-hybridized carbons (Fsp3) is 0.292. The summed E-state index contributed by atoms with van der Waals surface area (Å²) in [6, 6.07) is 23.0. The first-order valence-corrected chi connectivity index (χ1v) is 9.86. The topological polar surface area (TPSA) is 30.3 Å². The number of anilines is 2. The molecule has 0 spiro atoms. The van der Waals surface area contributed by atoms with Gasteiger partial charge in [0.25, 0.3) is 0 Å². The van der Waals surface area contributed by atoms with Crippen LogP contribution in [-0.4, -0.2) is 13.0 Å². The van der Waals surface area contributed by atoms with Gasteiger partial charge < -0.3 is 9.80 Å². The van der Waals surface area contributed by atoms with Crippen molar-refractivity contribution in [3.8, 4) is 0 Å². The van der Waals surface area contributed by atoms with Gasteiger partial charge in [-0.1, -0.05) is 76.2 Å². The Hall–Kier alpha value is -2.81. The van der Waals surface area contributed by atoms with Gasteiger partial charge in [-0.3, -0.25) is 5.41 Å². The van der Waals surface area contributed by atoms with E-state index in [-0.39, 0.29) is 6.04 Å². The lowest BCUT2D eigenvalue weighted by Gasteiger charge is -2.32. The average Bonchev–Trinajstić information content (AvgIpc) is 3.04. The van der Waals surface area contributed by atoms with Crippen molar-refractivity contribution in [2.75, 3.05) is 16.8 Å². The summed E-state index contributed by atoms with van der Waals surface area (Å²) in [4.78, 5) is 4.05. The Morgan fingerprint density at radius 3 is 2.07 bits per heavy atom. The van der Waals surface area contributed by atoms with E-state index in [0.717, 1.165) is 11.4 Å². The van der Waals surface area contributed by atoms with Crippen LogP contribution in [0, 0.1) is 5.41 Å². The highest BCUT2D eigenvalue weighted by Gasteiger charge is 2.32. The Morgan fingerprint density at radius 2 is 1.44 bits per heavy atom. The van der Waals surface area contributed by atoms with Crippen LogP contribution in [0.4, 0.5) is 11.4 Å². The van der Waals surface area contributed by atoms with E-state index in [2.05, 4.69) is 48.2 Å². The molecule has 3 heteroatoms. The number of rotatable bonds is 1. The molecule has 142 valence electrons. The minimum absolute atomic E-state index is 0.162. The average molecular weight is 362 g/mol. The Balaban J connectivity index is 0.000000614. The lowest BCUT2D eigenvalue weighted by molar-refractivity contribution is 0.809. The van der Waals surface area contributed by atoms with Gasteiger partial charge in [0, 0.05) is 18.1 Å². The van der Waals surface area contributed by atoms with Crippen molar-refractivity contribution in [3.63, 3.8) is 0 Å². The van der Waals surface area contributed by atoms with Crippen molar-refractivity contribution in [2.45, 2.75) is 40.7 Å². The Morgan fingerprint density at radius 1 is 0.852 bits per heavy atom. The summed E-state index contributed by atoms with van der Waals surface area (Å²) in [6.07, 6.45) is 0. The van der Waals surface area contributed by atoms with Crippen LogP contribution in [0.2, 0.25) is 0 Å². The molecule has 27 heavy (non-hydrogen) atoms. The number of nitrogens with one attached hydrogen (secondary N) is 1. The van der Waals surface area contributed by atoms with Crippen molar-refractivity contribution < 1.29 is 0 Å². The van der Waals surface area contributed by atoms with Gasteiger partial charge in [-0.05, 0) is 36.1 Å². The largest absolute Gasteiger partial charge is 0.316 e. The van der Waals surface area contributed by atoms with Gasteiger partial charge in [-0.2, -0.15) is 0 Å². The highest BCUT2D eigenvalue weighted by atomic mass is 15.4. The van der Waals surface area contributed by atoms with Gasteiger partial charge in [-0.25, -0.2) is 0 Å². The molecule has 1 heterocycles. The van der Waals surface area contributed by atoms with Crippen LogP contribution in [0.1, 0.15) is 46.2 Å². The smallest absolute Gasteiger partial charge is 0.203 e. The molecule has 0 saturated carbocycles. The Kier molecular flexibility index (Phi) is 7.00. The molecule has 0 fully saturated rings. The number of para-hydroxylation sites is 1. The predicted octanol–water partition coefficient (Wildman–Crippen LogP) is 6.84. The van der Waals surface area contributed by atoms with Gasteiger partial charge >= 0.3 is 0 Å². The molecule has 1 N–H and O–H groups in total. The van der Waals surface area contributed by atoms with E-state index in [1.807, 2.05) is 70.0 Å². The zero-order chi connectivity index (χ0) is 20.0. The third-order valence-corrected chi connectivity index (χ3v) is 4.70. The van der Waals surface area contributed by atoms with E-state index in [4.69, 9.17) is 5.41 Å². The maximum atomic E-state index is 8.75. The molecule has 3 aromatic carbocycles. The second kappa shape index (κ2) is 9.22. The summed E-state index contributed by atoms with van der Waals surface area (Å²) >= 11 is 0. The Bertz CT molecular complexity index is 881. The van der Waals surface area contributed by atoms with Crippen LogP contribution in [0.25, 0.3) is 10.8 Å². The molecule has 0 saturated heterocycles. The van der Waals surface area contributed by atoms with E-state index in [1.54, 1.807) is 0 Å². The molecule has 1 aliphatic rings. The van der Waals surface area contributed by atoms with Crippen LogP contribution in [-0.2, 0) is 0 Å². The van der Waals surface area contributed by atoms with E-state index < -0.39 is 0 Å². The monoisotopic (exact) mass is 361 g/mol. The quantitative estimate of drug-likeness (QED) is 0.380. The summed E-state index contributed by atoms with van der Waals surface area (Å²) < 4.78 is 0. The fourth-order valence-electron chi connectivity index (χ4n) is 3.48. The summed E-state index contributed by atoms with van der Waals surface area (Å²) in [5.41, 5.74) is 3.44. The first kappa shape index (κ1) is 20.5. The van der Waals surface area contributed by atoms with Crippen LogP contribution in [0.5, 0.6) is 0 Å². The molecule has 0 aliphatic carbocycles. The van der Waals surface area contributed by atoms with E-state index in [1.165, 1.54) is 16.3 Å². The van der Waals surface area contributed by atoms with Crippen LogP contribution >= 0.6 is 0 Å². The molecule has 4 rings (SSSR count). The SMILES string of the molecule is CC.CC.CC1c2cccc3cccc(c23)N1C(=N)N(C)c1ccccc1. The minimum atomic E-state index is 0.162. The van der Waals surface area contributed by atoms with Crippen molar-refractivity contribution in [3.05, 3.63) is 72.3 Å². The van der Waals surface area contributed by atoms with Crippen molar-refractivity contribution >= 4 is 28.1 Å². The Labute approximate surface area is 163 Å². The van der Waals surface area contributed by atoms with Gasteiger partial charge in [-0.15, -0.1) is 0 Å². The number of hydrogen-bond acceptors (Lipinski definition) is 1. The van der Waals surface area contributed by atoms with Gasteiger partial charge in [0.05, 0.1) is 11.7 Å². The second-order valence-electron chi connectivity index (χ2n) is 5.99. The molecule has 1 atom stereocenters. The molecule has 1 aliphatic heterocycles. The van der Waals surface area contributed by atoms with Crippen LogP contribution < -0.4 is 9.80 Å². The number of nitrogens with zero attached hydrogens (tertiary/aromatic N) is 2. The predicted molar refractivity (Wildman–Crippen MR) is 120 cm³/mol. The maximum absolute atomic E-state index is 8.75. The van der Waals surface area contributed by atoms with E-state index in [0.29, 0.717) is 5.96 Å². The number of guanidine groups is 1. The fourth-order valence-corrected chi connectivity index (χ4v) is 3.48. The third-order valence-electron chi connectivity index (χ3n) is 4.70. The van der Waals surface area contributed by atoms with Gasteiger partial charge in [0.15, 0.2) is 0 Å². The zero-order valence-corrected chi connectivity index (χ0v) is 17.3. The lowest BCUT2D eigenvalue weighted by Crippen LogP contribution is -2.41. The van der Waals surface area contributed by atoms with Crippen molar-refractivity contribution in [1.29, 1.82) is 5.41 Å². The molecule has 1 unspecified atom stereocenters. The van der Waals surface area contributed by atoms with Gasteiger partial charge in [0.1, 0.15) is 0 Å². The van der Waals surface area contributed by atoms with Crippen LogP contribution in [0.15, 0.2) is 66.7 Å². The molecule has 0 bridgehead atoms. The second-order valence-corrected chi connectivity index (χ2v) is 5.99. The molecule has 3 nitrogen and oxygen atoms in total. The molecular weight excluding hydrogens is 330 g/mol. The number of hydrogen-bond donors (Lipinski definition) is 1. The summed E-state index contributed by atoms with van der Waals surface area (Å²) in [5.74, 6) is 0.493. The third kappa shape index (κ3) is 3.68. The van der Waals surface area contributed by atoms with Crippen molar-refractivity contribution in [2.24, 2.45) is 0 Å². The van der Waals surface area contributed by atoms with E-state index >= 15 is 0 Å². The normalized spacial score (nSPS) is 14.0. The molecule has 3 aromatic rings. The lowest BCUT2D eigenvalue weighted by atomic mass is 10.0. The molecule has 0 aromatic heterocycles. The highest BCUT2D eigenvalue weighted by Crippen LogP contribution is 2.44. The number of benzene rings is 3. The standard InChI is InChI=1S/C20H19N3.2C2H6/c1-14-17-12-6-8-15-9-7-13-18(19(15)17)23(14)20(21)22(2)16-10-4-3-5-11-16;2*1-2/h3-14,21H,1-2H3;2*1-2H3. The van der Waals surface area contributed by atoms with Gasteiger partial charge in [0.2, 0.25) is 5.96 Å². The molecule has 0 amide bonds. The summed E-state index contributed by atoms with van der Waals surface area (Å²) in [7, 11) is 1.95. The summed E-state index contributed by atoms with van der Waals surface area (Å²) in [6.45, 7) is 10.2. The first-order valence-electron chi connectivity index (χ1n) is 9.86. The van der Waals surface area contributed by atoms with Crippen LogP contribution in [0.3, 0.4) is 0 Å². The van der Waals surface area contributed by atoms with E-state index in [9.17, 15) is 0 Å². The minimum Gasteiger partial charge on any atom is -0.316 e. The molecule has 0 radical (unpaired) electrons. The highest BCUT2D eigenvalue weighted by molar-refractivity contribution is 6.13.